The summed E-state index contributed by atoms with van der Waals surface area (Å²) in [5.74, 6) is -1.05. The Balaban J connectivity index is 1.44. The predicted octanol–water partition coefficient (Wildman–Crippen LogP) is 3.60. The number of halogens is 1. The van der Waals surface area contributed by atoms with Crippen LogP contribution >= 0.6 is 0 Å². The molecule has 33 heavy (non-hydrogen) atoms. The summed E-state index contributed by atoms with van der Waals surface area (Å²) in [6.45, 7) is 5.33. The Bertz CT molecular complexity index is 1160. The summed E-state index contributed by atoms with van der Waals surface area (Å²) in [7, 11) is 0. The highest BCUT2D eigenvalue weighted by Gasteiger charge is 2.35. The molecule has 0 spiro atoms. The molecule has 0 aliphatic carbocycles. The number of pyridine rings is 1. The third-order valence-electron chi connectivity index (χ3n) is 5.90. The minimum atomic E-state index is -1.15. The summed E-state index contributed by atoms with van der Waals surface area (Å²) in [4.78, 5) is 31.9. The Labute approximate surface area is 192 Å². The van der Waals surface area contributed by atoms with Crippen LogP contribution in [0, 0.1) is 11.7 Å². The van der Waals surface area contributed by atoms with E-state index in [1.807, 2.05) is 12.3 Å². The van der Waals surface area contributed by atoms with Gasteiger partial charge in [-0.2, -0.15) is 0 Å². The number of amides is 2. The van der Waals surface area contributed by atoms with Crippen molar-refractivity contribution in [1.82, 2.24) is 15.2 Å². The molecule has 3 aromatic rings. The van der Waals surface area contributed by atoms with E-state index in [-0.39, 0.29) is 17.4 Å². The maximum Gasteiger partial charge on any atom is 0.252 e. The molecule has 6 nitrogen and oxygen atoms in total. The Morgan fingerprint density at radius 3 is 2.85 bits per heavy atom. The van der Waals surface area contributed by atoms with Crippen molar-refractivity contribution >= 4 is 22.6 Å². The van der Waals surface area contributed by atoms with Gasteiger partial charge < -0.3 is 15.0 Å². The Kier molecular flexibility index (Phi) is 6.70. The van der Waals surface area contributed by atoms with Gasteiger partial charge in [0.25, 0.3) is 5.91 Å². The van der Waals surface area contributed by atoms with Crippen LogP contribution in [0.25, 0.3) is 10.8 Å². The molecular formula is C26H28FN3O3. The van der Waals surface area contributed by atoms with Crippen LogP contribution in [0.15, 0.2) is 60.9 Å². The van der Waals surface area contributed by atoms with Gasteiger partial charge in [0.2, 0.25) is 5.91 Å². The molecule has 1 aliphatic rings. The lowest BCUT2D eigenvalue weighted by atomic mass is 9.96. The average molecular weight is 450 g/mol. The maximum absolute atomic E-state index is 13.5. The van der Waals surface area contributed by atoms with Crippen molar-refractivity contribution in [3.63, 3.8) is 0 Å². The third-order valence-corrected chi connectivity index (χ3v) is 5.90. The van der Waals surface area contributed by atoms with Crippen LogP contribution in [0.2, 0.25) is 0 Å². The fourth-order valence-corrected chi connectivity index (χ4v) is 4.22. The van der Waals surface area contributed by atoms with Crippen LogP contribution in [0.3, 0.4) is 0 Å². The van der Waals surface area contributed by atoms with E-state index in [1.54, 1.807) is 24.9 Å². The van der Waals surface area contributed by atoms with Gasteiger partial charge in [-0.05, 0) is 61.5 Å². The molecule has 1 fully saturated rings. The molecule has 172 valence electrons. The van der Waals surface area contributed by atoms with E-state index in [2.05, 4.69) is 28.5 Å². The topological polar surface area (TPSA) is 71.5 Å². The van der Waals surface area contributed by atoms with Gasteiger partial charge >= 0.3 is 0 Å². The number of hydrogen-bond acceptors (Lipinski definition) is 4. The van der Waals surface area contributed by atoms with Gasteiger partial charge in [0.15, 0.2) is 0 Å². The van der Waals surface area contributed by atoms with Crippen molar-refractivity contribution in [2.24, 2.45) is 5.92 Å². The van der Waals surface area contributed by atoms with Gasteiger partial charge in [0.1, 0.15) is 11.4 Å². The summed E-state index contributed by atoms with van der Waals surface area (Å²) in [5, 5.41) is 4.98. The zero-order chi connectivity index (χ0) is 23.4. The van der Waals surface area contributed by atoms with Gasteiger partial charge in [-0.15, -0.1) is 0 Å². The Hall–Kier alpha value is -3.32. The SMILES string of the molecule is CC(C)(NC(=O)c1cccc(F)c1)C(=O)N1CCOCC(Cc2ccc3ccncc3c2)C1. The highest BCUT2D eigenvalue weighted by Crippen LogP contribution is 2.21. The first-order valence-corrected chi connectivity index (χ1v) is 11.1. The van der Waals surface area contributed by atoms with Gasteiger partial charge in [0.05, 0.1) is 13.2 Å². The highest BCUT2D eigenvalue weighted by atomic mass is 19.1. The number of benzene rings is 2. The fraction of sp³-hybridized carbons (Fsp3) is 0.346. The number of ether oxygens (including phenoxy) is 1. The molecule has 2 amide bonds. The number of nitrogens with one attached hydrogen (secondary N) is 1. The van der Waals surface area contributed by atoms with E-state index in [9.17, 15) is 14.0 Å². The number of nitrogens with zero attached hydrogens (tertiary/aromatic N) is 2. The molecule has 1 N–H and O–H groups in total. The highest BCUT2D eigenvalue weighted by molar-refractivity contribution is 5.99. The molecule has 1 saturated heterocycles. The molecule has 0 bridgehead atoms. The number of carbonyl (C=O) groups excluding carboxylic acids is 2. The number of hydrogen-bond donors (Lipinski definition) is 1. The largest absolute Gasteiger partial charge is 0.379 e. The van der Waals surface area contributed by atoms with E-state index < -0.39 is 17.3 Å². The minimum Gasteiger partial charge on any atom is -0.379 e. The molecule has 1 aromatic heterocycles. The van der Waals surface area contributed by atoms with Crippen molar-refractivity contribution in [2.75, 3.05) is 26.3 Å². The minimum absolute atomic E-state index is 0.125. The molecule has 0 radical (unpaired) electrons. The lowest BCUT2D eigenvalue weighted by molar-refractivity contribution is -0.137. The lowest BCUT2D eigenvalue weighted by Crippen LogP contribution is -2.56. The molecule has 2 heterocycles. The number of carbonyl (C=O) groups is 2. The van der Waals surface area contributed by atoms with Crippen molar-refractivity contribution in [1.29, 1.82) is 0 Å². The normalized spacial score (nSPS) is 16.9. The second-order valence-electron chi connectivity index (χ2n) is 9.04. The summed E-state index contributed by atoms with van der Waals surface area (Å²) in [6, 6.07) is 13.7. The smallest absolute Gasteiger partial charge is 0.252 e. The van der Waals surface area contributed by atoms with Crippen LogP contribution in [0.5, 0.6) is 0 Å². The number of fused-ring (bicyclic) bond motifs is 1. The molecule has 1 atom stereocenters. The molecule has 2 aromatic carbocycles. The van der Waals surface area contributed by atoms with Crippen LogP contribution in [-0.4, -0.2) is 53.5 Å². The summed E-state index contributed by atoms with van der Waals surface area (Å²) in [6.07, 6.45) is 4.40. The van der Waals surface area contributed by atoms with Gasteiger partial charge in [0, 0.05) is 42.4 Å². The first-order chi connectivity index (χ1) is 15.8. The Morgan fingerprint density at radius 1 is 1.18 bits per heavy atom. The van der Waals surface area contributed by atoms with E-state index in [4.69, 9.17) is 4.74 Å². The van der Waals surface area contributed by atoms with Crippen LogP contribution < -0.4 is 5.32 Å². The zero-order valence-corrected chi connectivity index (χ0v) is 18.9. The summed E-state index contributed by atoms with van der Waals surface area (Å²) < 4.78 is 19.3. The summed E-state index contributed by atoms with van der Waals surface area (Å²) in [5.41, 5.74) is 0.197. The van der Waals surface area contributed by atoms with Crippen molar-refractivity contribution in [3.8, 4) is 0 Å². The van der Waals surface area contributed by atoms with Crippen molar-refractivity contribution in [3.05, 3.63) is 77.9 Å². The quantitative estimate of drug-likeness (QED) is 0.646. The predicted molar refractivity (Wildman–Crippen MR) is 124 cm³/mol. The molecular weight excluding hydrogens is 421 g/mol. The van der Waals surface area contributed by atoms with Crippen LogP contribution in [0.4, 0.5) is 4.39 Å². The van der Waals surface area contributed by atoms with E-state index in [1.165, 1.54) is 18.2 Å². The summed E-state index contributed by atoms with van der Waals surface area (Å²) >= 11 is 0. The zero-order valence-electron chi connectivity index (χ0n) is 18.9. The molecule has 1 unspecified atom stereocenters. The maximum atomic E-state index is 13.5. The standard InChI is InChI=1S/C26H28FN3O3/c1-26(2,29-24(31)21-4-3-5-23(27)14-21)25(32)30-10-11-33-17-19(16-30)12-18-6-7-20-8-9-28-15-22(20)13-18/h3-9,13-15,19H,10-12,16-17H2,1-2H3,(H,29,31). The lowest BCUT2D eigenvalue weighted by Gasteiger charge is -2.33. The van der Waals surface area contributed by atoms with Crippen LogP contribution in [-0.2, 0) is 16.0 Å². The number of aromatic nitrogens is 1. The monoisotopic (exact) mass is 449 g/mol. The average Bonchev–Trinajstić information content (AvgIpc) is 3.03. The van der Waals surface area contributed by atoms with E-state index in [0.29, 0.717) is 26.3 Å². The molecule has 0 saturated carbocycles. The molecule has 4 rings (SSSR count). The van der Waals surface area contributed by atoms with Gasteiger partial charge in [-0.25, -0.2) is 4.39 Å². The Morgan fingerprint density at radius 2 is 2.03 bits per heavy atom. The van der Waals surface area contributed by atoms with E-state index in [0.717, 1.165) is 28.8 Å². The van der Waals surface area contributed by atoms with Crippen LogP contribution in [0.1, 0.15) is 29.8 Å². The molecule has 7 heteroatoms. The van der Waals surface area contributed by atoms with Crippen molar-refractivity contribution < 1.29 is 18.7 Å². The fourth-order valence-electron chi connectivity index (χ4n) is 4.22. The second-order valence-corrected chi connectivity index (χ2v) is 9.04. The van der Waals surface area contributed by atoms with E-state index >= 15 is 0 Å². The first kappa shape index (κ1) is 22.9. The first-order valence-electron chi connectivity index (χ1n) is 11.1. The van der Waals surface area contributed by atoms with Crippen molar-refractivity contribution in [2.45, 2.75) is 25.8 Å². The molecule has 1 aliphatic heterocycles. The third kappa shape index (κ3) is 5.54. The van der Waals surface area contributed by atoms with Gasteiger partial charge in [-0.3, -0.25) is 14.6 Å². The van der Waals surface area contributed by atoms with Gasteiger partial charge in [-0.1, -0.05) is 18.2 Å². The second kappa shape index (κ2) is 9.67. The number of rotatable bonds is 5.